The van der Waals surface area contributed by atoms with E-state index in [1.807, 2.05) is 24.6 Å². The van der Waals surface area contributed by atoms with Crippen LogP contribution in [0.1, 0.15) is 31.4 Å². The lowest BCUT2D eigenvalue weighted by atomic mass is 10.1. The predicted octanol–water partition coefficient (Wildman–Crippen LogP) is 3.25. The molecule has 3 rings (SSSR count). The minimum absolute atomic E-state index is 0.0269. The maximum Gasteiger partial charge on any atom is 0.233 e. The molecule has 0 aliphatic carbocycles. The minimum atomic E-state index is -3.04. The minimum Gasteiger partial charge on any atom is -0.338 e. The standard InChI is InChI=1S/C21H29N3O3S2/c1-15(2)12-24(18-7-10-29(26,27)14-18)20(25)13-28-21-22-8-9-23(21)19-6-5-16(3)11-17(19)4/h5-6,8-9,11,15,18H,7,10,12-14H2,1-4H3/t18-/m0/s1. The maximum absolute atomic E-state index is 13.0. The van der Waals surface area contributed by atoms with Crippen molar-refractivity contribution >= 4 is 27.5 Å². The summed E-state index contributed by atoms with van der Waals surface area (Å²) in [6, 6.07) is 6.04. The van der Waals surface area contributed by atoms with Crippen LogP contribution in [0.4, 0.5) is 0 Å². The Balaban J connectivity index is 1.73. The summed E-state index contributed by atoms with van der Waals surface area (Å²) in [7, 11) is -3.04. The van der Waals surface area contributed by atoms with Gasteiger partial charge in [0.15, 0.2) is 15.0 Å². The van der Waals surface area contributed by atoms with Crippen LogP contribution in [-0.4, -0.2) is 58.6 Å². The molecule has 2 heterocycles. The van der Waals surface area contributed by atoms with E-state index in [1.54, 1.807) is 11.1 Å². The number of amides is 1. The Morgan fingerprint density at radius 1 is 1.34 bits per heavy atom. The molecule has 0 spiro atoms. The molecule has 0 radical (unpaired) electrons. The number of benzene rings is 1. The molecule has 2 aromatic rings. The Labute approximate surface area is 177 Å². The van der Waals surface area contributed by atoms with Gasteiger partial charge in [0, 0.05) is 25.0 Å². The number of thioether (sulfide) groups is 1. The molecular formula is C21H29N3O3S2. The van der Waals surface area contributed by atoms with Crippen molar-refractivity contribution in [3.63, 3.8) is 0 Å². The Morgan fingerprint density at radius 3 is 2.72 bits per heavy atom. The normalized spacial score (nSPS) is 18.3. The third kappa shape index (κ3) is 5.42. The number of hydrogen-bond donors (Lipinski definition) is 0. The quantitative estimate of drug-likeness (QED) is 0.624. The van der Waals surface area contributed by atoms with Gasteiger partial charge in [0.05, 0.1) is 22.9 Å². The van der Waals surface area contributed by atoms with Gasteiger partial charge in [-0.15, -0.1) is 0 Å². The van der Waals surface area contributed by atoms with E-state index in [4.69, 9.17) is 0 Å². The van der Waals surface area contributed by atoms with Gasteiger partial charge in [-0.1, -0.05) is 43.3 Å². The van der Waals surface area contributed by atoms with E-state index in [-0.39, 0.29) is 35.1 Å². The van der Waals surface area contributed by atoms with E-state index in [1.165, 1.54) is 17.3 Å². The zero-order chi connectivity index (χ0) is 21.2. The second-order valence-corrected chi connectivity index (χ2v) is 11.3. The summed E-state index contributed by atoms with van der Waals surface area (Å²) in [6.45, 7) is 8.79. The number of aromatic nitrogens is 2. The first kappa shape index (κ1) is 21.9. The summed E-state index contributed by atoms with van der Waals surface area (Å²) >= 11 is 1.39. The van der Waals surface area contributed by atoms with Crippen LogP contribution in [0.2, 0.25) is 0 Å². The molecule has 0 bridgehead atoms. The summed E-state index contributed by atoms with van der Waals surface area (Å²) in [5.74, 6) is 0.743. The number of carbonyl (C=O) groups excluding carboxylic acids is 1. The van der Waals surface area contributed by atoms with Crippen LogP contribution in [0.25, 0.3) is 5.69 Å². The van der Waals surface area contributed by atoms with E-state index in [2.05, 4.69) is 37.0 Å². The summed E-state index contributed by atoms with van der Waals surface area (Å²) in [5, 5.41) is 0.758. The van der Waals surface area contributed by atoms with Crippen LogP contribution in [0.5, 0.6) is 0 Å². The molecule has 0 unspecified atom stereocenters. The SMILES string of the molecule is Cc1ccc(-n2ccnc2SCC(=O)N(CC(C)C)[C@H]2CCS(=O)(=O)C2)c(C)c1. The molecule has 1 aliphatic heterocycles. The molecule has 1 aromatic heterocycles. The van der Waals surface area contributed by atoms with Crippen molar-refractivity contribution in [2.24, 2.45) is 5.92 Å². The molecule has 1 amide bonds. The number of rotatable bonds is 7. The van der Waals surface area contributed by atoms with Crippen molar-refractivity contribution < 1.29 is 13.2 Å². The smallest absolute Gasteiger partial charge is 0.233 e. The lowest BCUT2D eigenvalue weighted by Gasteiger charge is -2.30. The highest BCUT2D eigenvalue weighted by Gasteiger charge is 2.34. The first-order chi connectivity index (χ1) is 13.7. The second kappa shape index (κ2) is 8.92. The van der Waals surface area contributed by atoms with Crippen LogP contribution < -0.4 is 0 Å². The van der Waals surface area contributed by atoms with Crippen molar-refractivity contribution in [2.45, 2.75) is 45.3 Å². The topological polar surface area (TPSA) is 72.3 Å². The molecule has 0 N–H and O–H groups in total. The van der Waals surface area contributed by atoms with Gasteiger partial charge < -0.3 is 4.90 Å². The maximum atomic E-state index is 13.0. The number of aryl methyl sites for hydroxylation is 2. The molecule has 1 saturated heterocycles. The van der Waals surface area contributed by atoms with Gasteiger partial charge in [-0.3, -0.25) is 9.36 Å². The fourth-order valence-electron chi connectivity index (χ4n) is 3.73. The highest BCUT2D eigenvalue weighted by atomic mass is 32.2. The third-order valence-corrected chi connectivity index (χ3v) is 7.78. The lowest BCUT2D eigenvalue weighted by Crippen LogP contribution is -2.44. The molecule has 8 heteroatoms. The second-order valence-electron chi connectivity index (χ2n) is 8.16. The zero-order valence-corrected chi connectivity index (χ0v) is 19.1. The van der Waals surface area contributed by atoms with Gasteiger partial charge >= 0.3 is 0 Å². The Hall–Kier alpha value is -1.80. The fourth-order valence-corrected chi connectivity index (χ4v) is 6.32. The van der Waals surface area contributed by atoms with E-state index in [9.17, 15) is 13.2 Å². The molecular weight excluding hydrogens is 406 g/mol. The third-order valence-electron chi connectivity index (χ3n) is 5.07. The number of sulfone groups is 1. The Bertz CT molecular complexity index is 983. The van der Waals surface area contributed by atoms with Crippen LogP contribution in [-0.2, 0) is 14.6 Å². The van der Waals surface area contributed by atoms with Gasteiger partial charge in [-0.05, 0) is 37.8 Å². The highest BCUT2D eigenvalue weighted by Crippen LogP contribution is 2.25. The van der Waals surface area contributed by atoms with Crippen molar-refractivity contribution in [3.8, 4) is 5.69 Å². The fraction of sp³-hybridized carbons (Fsp3) is 0.524. The van der Waals surface area contributed by atoms with Crippen LogP contribution >= 0.6 is 11.8 Å². The van der Waals surface area contributed by atoms with E-state index < -0.39 is 9.84 Å². The van der Waals surface area contributed by atoms with Gasteiger partial charge in [0.1, 0.15) is 0 Å². The monoisotopic (exact) mass is 435 g/mol. The molecule has 1 aromatic carbocycles. The number of imidazole rings is 1. The predicted molar refractivity (Wildman–Crippen MR) is 117 cm³/mol. The van der Waals surface area contributed by atoms with Crippen molar-refractivity contribution in [1.29, 1.82) is 0 Å². The van der Waals surface area contributed by atoms with Gasteiger partial charge in [-0.2, -0.15) is 0 Å². The van der Waals surface area contributed by atoms with E-state index in [0.29, 0.717) is 13.0 Å². The summed E-state index contributed by atoms with van der Waals surface area (Å²) in [5.41, 5.74) is 3.39. The Kier molecular flexibility index (Phi) is 6.73. The largest absolute Gasteiger partial charge is 0.338 e. The zero-order valence-electron chi connectivity index (χ0n) is 17.5. The van der Waals surface area contributed by atoms with Crippen LogP contribution in [0.3, 0.4) is 0 Å². The lowest BCUT2D eigenvalue weighted by molar-refractivity contribution is -0.130. The van der Waals surface area contributed by atoms with Gasteiger partial charge in [0.2, 0.25) is 5.91 Å². The van der Waals surface area contributed by atoms with Gasteiger partial charge in [-0.25, -0.2) is 13.4 Å². The van der Waals surface area contributed by atoms with Crippen LogP contribution in [0.15, 0.2) is 35.7 Å². The Morgan fingerprint density at radius 2 is 2.10 bits per heavy atom. The first-order valence-corrected chi connectivity index (χ1v) is 12.7. The van der Waals surface area contributed by atoms with Gasteiger partial charge in [0.25, 0.3) is 0 Å². The van der Waals surface area contributed by atoms with E-state index >= 15 is 0 Å². The molecule has 6 nitrogen and oxygen atoms in total. The first-order valence-electron chi connectivity index (χ1n) is 9.90. The van der Waals surface area contributed by atoms with Crippen molar-refractivity contribution in [1.82, 2.24) is 14.5 Å². The molecule has 1 fully saturated rings. The molecule has 0 saturated carbocycles. The molecule has 158 valence electrons. The molecule has 1 aliphatic rings. The number of hydrogen-bond acceptors (Lipinski definition) is 5. The van der Waals surface area contributed by atoms with Crippen molar-refractivity contribution in [2.75, 3.05) is 23.8 Å². The number of carbonyl (C=O) groups is 1. The van der Waals surface area contributed by atoms with E-state index in [0.717, 1.165) is 16.4 Å². The average molecular weight is 436 g/mol. The summed E-state index contributed by atoms with van der Waals surface area (Å²) in [6.07, 6.45) is 4.17. The van der Waals surface area contributed by atoms with Crippen molar-refractivity contribution in [3.05, 3.63) is 41.7 Å². The highest BCUT2D eigenvalue weighted by molar-refractivity contribution is 7.99. The number of nitrogens with zero attached hydrogens (tertiary/aromatic N) is 3. The average Bonchev–Trinajstić information content (AvgIpc) is 3.23. The molecule has 1 atom stereocenters. The summed E-state index contributed by atoms with van der Waals surface area (Å²) < 4.78 is 25.8. The van der Waals surface area contributed by atoms with Crippen LogP contribution in [0, 0.1) is 19.8 Å². The summed E-state index contributed by atoms with van der Waals surface area (Å²) in [4.78, 5) is 19.2. The molecule has 29 heavy (non-hydrogen) atoms.